The number of nitrogens with zero attached hydrogens (tertiary/aromatic N) is 1. The molecular formula is C22H23FN2O4. The molecule has 29 heavy (non-hydrogen) atoms. The minimum Gasteiger partial charge on any atom is -0.455 e. The minimum absolute atomic E-state index is 0.0563. The summed E-state index contributed by atoms with van der Waals surface area (Å²) in [6.45, 7) is 3.29. The van der Waals surface area contributed by atoms with Crippen molar-refractivity contribution in [1.82, 2.24) is 4.90 Å². The SMILES string of the molecule is Cc1ccc(NC(=O)COC(=O)[C@@H]2CC(=O)N([C@@H](C)c3ccccc3)C2)cc1F. The van der Waals surface area contributed by atoms with E-state index in [1.807, 2.05) is 37.3 Å². The van der Waals surface area contributed by atoms with Gasteiger partial charge in [0.15, 0.2) is 6.61 Å². The smallest absolute Gasteiger partial charge is 0.311 e. The van der Waals surface area contributed by atoms with Gasteiger partial charge in [-0.3, -0.25) is 14.4 Å². The van der Waals surface area contributed by atoms with Crippen molar-refractivity contribution in [2.45, 2.75) is 26.3 Å². The van der Waals surface area contributed by atoms with E-state index in [9.17, 15) is 18.8 Å². The Bertz CT molecular complexity index is 916. The molecule has 2 atom stereocenters. The summed E-state index contributed by atoms with van der Waals surface area (Å²) in [4.78, 5) is 38.3. The lowest BCUT2D eigenvalue weighted by molar-refractivity contribution is -0.151. The molecule has 2 aromatic carbocycles. The first-order chi connectivity index (χ1) is 13.8. The van der Waals surface area contributed by atoms with Gasteiger partial charge in [0.2, 0.25) is 5.91 Å². The van der Waals surface area contributed by atoms with E-state index in [1.165, 1.54) is 6.07 Å². The summed E-state index contributed by atoms with van der Waals surface area (Å²) < 4.78 is 18.6. The lowest BCUT2D eigenvalue weighted by Crippen LogP contribution is -2.30. The molecule has 0 saturated carbocycles. The molecule has 0 unspecified atom stereocenters. The van der Waals surface area contributed by atoms with Crippen LogP contribution >= 0.6 is 0 Å². The molecule has 2 aromatic rings. The molecule has 1 heterocycles. The summed E-state index contributed by atoms with van der Waals surface area (Å²) in [5, 5.41) is 2.48. The molecule has 1 N–H and O–H groups in total. The van der Waals surface area contributed by atoms with Crippen molar-refractivity contribution in [2.24, 2.45) is 5.92 Å². The number of amides is 2. The maximum Gasteiger partial charge on any atom is 0.311 e. The van der Waals surface area contributed by atoms with Crippen molar-refractivity contribution in [1.29, 1.82) is 0 Å². The third-order valence-corrected chi connectivity index (χ3v) is 5.04. The van der Waals surface area contributed by atoms with E-state index < -0.39 is 30.2 Å². The minimum atomic E-state index is -0.613. The van der Waals surface area contributed by atoms with Crippen LogP contribution < -0.4 is 5.32 Å². The van der Waals surface area contributed by atoms with Gasteiger partial charge in [-0.2, -0.15) is 0 Å². The van der Waals surface area contributed by atoms with Crippen LogP contribution in [0.4, 0.5) is 10.1 Å². The van der Waals surface area contributed by atoms with Crippen molar-refractivity contribution in [3.8, 4) is 0 Å². The number of halogens is 1. The number of nitrogens with one attached hydrogen (secondary N) is 1. The lowest BCUT2D eigenvalue weighted by Gasteiger charge is -2.25. The van der Waals surface area contributed by atoms with Gasteiger partial charge >= 0.3 is 5.97 Å². The zero-order chi connectivity index (χ0) is 21.0. The number of hydrogen-bond acceptors (Lipinski definition) is 4. The van der Waals surface area contributed by atoms with Crippen molar-refractivity contribution >= 4 is 23.5 Å². The standard InChI is InChI=1S/C22H23FN2O4/c1-14-8-9-18(11-19(14)23)24-20(26)13-29-22(28)17-10-21(27)25(12-17)15(2)16-6-4-3-5-7-16/h3-9,11,15,17H,10,12-13H2,1-2H3,(H,24,26)/t15-,17+/m0/s1. The van der Waals surface area contributed by atoms with E-state index in [-0.39, 0.29) is 30.6 Å². The zero-order valence-corrected chi connectivity index (χ0v) is 16.4. The second kappa shape index (κ2) is 8.86. The van der Waals surface area contributed by atoms with E-state index in [2.05, 4.69) is 5.32 Å². The maximum atomic E-state index is 13.5. The van der Waals surface area contributed by atoms with Gasteiger partial charge in [0.1, 0.15) is 5.82 Å². The van der Waals surface area contributed by atoms with Crippen LogP contribution in [0.3, 0.4) is 0 Å². The first-order valence-corrected chi connectivity index (χ1v) is 9.42. The number of benzene rings is 2. The average molecular weight is 398 g/mol. The Balaban J connectivity index is 1.51. The summed E-state index contributed by atoms with van der Waals surface area (Å²) >= 11 is 0. The fourth-order valence-corrected chi connectivity index (χ4v) is 3.30. The summed E-state index contributed by atoms with van der Waals surface area (Å²) in [5.74, 6) is -2.33. The van der Waals surface area contributed by atoms with Gasteiger partial charge in [0.25, 0.3) is 5.91 Å². The third kappa shape index (κ3) is 4.99. The van der Waals surface area contributed by atoms with E-state index in [0.29, 0.717) is 5.56 Å². The van der Waals surface area contributed by atoms with E-state index in [4.69, 9.17) is 4.74 Å². The zero-order valence-electron chi connectivity index (χ0n) is 16.4. The predicted octanol–water partition coefficient (Wildman–Crippen LogP) is 3.23. The number of likely N-dealkylation sites (tertiary alicyclic amines) is 1. The second-order valence-electron chi connectivity index (χ2n) is 7.15. The highest BCUT2D eigenvalue weighted by atomic mass is 19.1. The Hall–Kier alpha value is -3.22. The van der Waals surface area contributed by atoms with Crippen LogP contribution in [-0.4, -0.2) is 35.8 Å². The molecule has 0 spiro atoms. The van der Waals surface area contributed by atoms with E-state index >= 15 is 0 Å². The fourth-order valence-electron chi connectivity index (χ4n) is 3.30. The Morgan fingerprint density at radius 2 is 1.97 bits per heavy atom. The maximum absolute atomic E-state index is 13.5. The average Bonchev–Trinajstić information content (AvgIpc) is 3.11. The molecule has 152 valence electrons. The molecule has 0 radical (unpaired) electrons. The largest absolute Gasteiger partial charge is 0.455 e. The molecule has 1 saturated heterocycles. The van der Waals surface area contributed by atoms with Crippen LogP contribution in [0, 0.1) is 18.7 Å². The van der Waals surface area contributed by atoms with Crippen LogP contribution in [0.2, 0.25) is 0 Å². The molecule has 0 aromatic heterocycles. The third-order valence-electron chi connectivity index (χ3n) is 5.04. The lowest BCUT2D eigenvalue weighted by atomic mass is 10.1. The molecule has 0 bridgehead atoms. The Morgan fingerprint density at radius 1 is 1.24 bits per heavy atom. The van der Waals surface area contributed by atoms with Gasteiger partial charge in [-0.25, -0.2) is 4.39 Å². The number of aryl methyl sites for hydroxylation is 1. The van der Waals surface area contributed by atoms with Crippen LogP contribution in [0.5, 0.6) is 0 Å². The molecular weight excluding hydrogens is 375 g/mol. The predicted molar refractivity (Wildman–Crippen MR) is 105 cm³/mol. The summed E-state index contributed by atoms with van der Waals surface area (Å²) in [7, 11) is 0. The summed E-state index contributed by atoms with van der Waals surface area (Å²) in [5.41, 5.74) is 1.74. The monoisotopic (exact) mass is 398 g/mol. The summed E-state index contributed by atoms with van der Waals surface area (Å²) in [6, 6.07) is 13.7. The highest BCUT2D eigenvalue weighted by Crippen LogP contribution is 2.29. The van der Waals surface area contributed by atoms with E-state index in [0.717, 1.165) is 5.56 Å². The molecule has 3 rings (SSSR count). The van der Waals surface area contributed by atoms with Crippen LogP contribution in [0.15, 0.2) is 48.5 Å². The van der Waals surface area contributed by atoms with E-state index in [1.54, 1.807) is 24.0 Å². The number of esters is 1. The molecule has 0 aliphatic carbocycles. The van der Waals surface area contributed by atoms with Gasteiger partial charge < -0.3 is 15.0 Å². The molecule has 7 heteroatoms. The Labute approximate surface area is 168 Å². The second-order valence-corrected chi connectivity index (χ2v) is 7.15. The molecule has 1 aliphatic rings. The van der Waals surface area contributed by atoms with Gasteiger partial charge in [0, 0.05) is 18.7 Å². The number of rotatable bonds is 6. The van der Waals surface area contributed by atoms with Gasteiger partial charge in [0.05, 0.1) is 12.0 Å². The number of carbonyl (C=O) groups is 3. The number of ether oxygens (including phenoxy) is 1. The van der Waals surface area contributed by atoms with Gasteiger partial charge in [-0.05, 0) is 37.1 Å². The first kappa shape index (κ1) is 20.5. The highest BCUT2D eigenvalue weighted by Gasteiger charge is 2.38. The number of anilines is 1. The van der Waals surface area contributed by atoms with Gasteiger partial charge in [-0.1, -0.05) is 36.4 Å². The number of hydrogen-bond donors (Lipinski definition) is 1. The first-order valence-electron chi connectivity index (χ1n) is 9.42. The van der Waals surface area contributed by atoms with Crippen molar-refractivity contribution in [3.05, 3.63) is 65.5 Å². The molecule has 6 nitrogen and oxygen atoms in total. The van der Waals surface area contributed by atoms with Crippen molar-refractivity contribution in [2.75, 3.05) is 18.5 Å². The Kier molecular flexibility index (Phi) is 6.26. The molecule has 1 fully saturated rings. The van der Waals surface area contributed by atoms with Crippen molar-refractivity contribution in [3.63, 3.8) is 0 Å². The normalized spacial score (nSPS) is 17.1. The topological polar surface area (TPSA) is 75.7 Å². The van der Waals surface area contributed by atoms with Crippen LogP contribution in [-0.2, 0) is 19.1 Å². The van der Waals surface area contributed by atoms with Crippen molar-refractivity contribution < 1.29 is 23.5 Å². The molecule has 1 aliphatic heterocycles. The van der Waals surface area contributed by atoms with Gasteiger partial charge in [-0.15, -0.1) is 0 Å². The Morgan fingerprint density at radius 3 is 2.66 bits per heavy atom. The summed E-state index contributed by atoms with van der Waals surface area (Å²) in [6.07, 6.45) is 0.0563. The fraction of sp³-hybridized carbons (Fsp3) is 0.318. The quantitative estimate of drug-likeness (QED) is 0.758. The van der Waals surface area contributed by atoms with Crippen LogP contribution in [0.1, 0.15) is 30.5 Å². The highest BCUT2D eigenvalue weighted by molar-refractivity contribution is 5.93. The molecule has 2 amide bonds. The van der Waals surface area contributed by atoms with Crippen LogP contribution in [0.25, 0.3) is 0 Å². The number of carbonyl (C=O) groups excluding carboxylic acids is 3.